The standard InChI is InChI=1S/C20H29NO5/c1-24-16-11-12-17(18(13-16)25-2)21-19(22)14-26-20(23)10-6-9-15-7-4-3-5-8-15/h11-13,15H,3-10,14H2,1-2H3,(H,21,22). The average Bonchev–Trinajstić information content (AvgIpc) is 2.67. The summed E-state index contributed by atoms with van der Waals surface area (Å²) in [4.78, 5) is 23.8. The number of carbonyl (C=O) groups is 2. The van der Waals surface area contributed by atoms with Crippen LogP contribution >= 0.6 is 0 Å². The Bertz CT molecular complexity index is 596. The summed E-state index contributed by atoms with van der Waals surface area (Å²) < 4.78 is 15.4. The zero-order valence-electron chi connectivity index (χ0n) is 15.7. The molecule has 1 amide bonds. The topological polar surface area (TPSA) is 73.9 Å². The summed E-state index contributed by atoms with van der Waals surface area (Å²) in [6.07, 6.45) is 8.79. The molecule has 6 heteroatoms. The Hall–Kier alpha value is -2.24. The first-order chi connectivity index (χ1) is 12.6. The second-order valence-electron chi connectivity index (χ2n) is 6.67. The van der Waals surface area contributed by atoms with E-state index >= 15 is 0 Å². The summed E-state index contributed by atoms with van der Waals surface area (Å²) in [6, 6.07) is 5.07. The zero-order valence-corrected chi connectivity index (χ0v) is 15.7. The van der Waals surface area contributed by atoms with E-state index in [-0.39, 0.29) is 12.6 Å². The molecule has 0 spiro atoms. The Morgan fingerprint density at radius 2 is 1.88 bits per heavy atom. The van der Waals surface area contributed by atoms with Crippen molar-refractivity contribution < 1.29 is 23.8 Å². The van der Waals surface area contributed by atoms with Crippen molar-refractivity contribution in [3.05, 3.63) is 18.2 Å². The lowest BCUT2D eigenvalue weighted by Gasteiger charge is -2.20. The molecular formula is C20H29NO5. The van der Waals surface area contributed by atoms with E-state index in [1.165, 1.54) is 39.2 Å². The number of ether oxygens (including phenoxy) is 3. The normalized spacial score (nSPS) is 14.5. The third-order valence-corrected chi connectivity index (χ3v) is 4.77. The molecule has 1 aliphatic carbocycles. The largest absolute Gasteiger partial charge is 0.497 e. The third kappa shape index (κ3) is 6.58. The van der Waals surface area contributed by atoms with Crippen molar-refractivity contribution in [2.75, 3.05) is 26.1 Å². The predicted octanol–water partition coefficient (Wildman–Crippen LogP) is 3.94. The van der Waals surface area contributed by atoms with Crippen LogP contribution in [0.1, 0.15) is 51.4 Å². The summed E-state index contributed by atoms with van der Waals surface area (Å²) in [5.74, 6) is 1.15. The number of rotatable bonds is 9. The van der Waals surface area contributed by atoms with E-state index in [2.05, 4.69) is 5.32 Å². The number of anilines is 1. The number of amides is 1. The number of methoxy groups -OCH3 is 2. The minimum absolute atomic E-state index is 0.294. The Kier molecular flexibility index (Phi) is 8.25. The van der Waals surface area contributed by atoms with Gasteiger partial charge in [-0.3, -0.25) is 9.59 Å². The second-order valence-corrected chi connectivity index (χ2v) is 6.67. The molecule has 0 aromatic heterocycles. The summed E-state index contributed by atoms with van der Waals surface area (Å²) in [6.45, 7) is -0.294. The number of hydrogen-bond acceptors (Lipinski definition) is 5. The van der Waals surface area contributed by atoms with Gasteiger partial charge in [0.05, 0.1) is 19.9 Å². The molecule has 1 fully saturated rings. The van der Waals surface area contributed by atoms with Gasteiger partial charge in [-0.1, -0.05) is 32.1 Å². The lowest BCUT2D eigenvalue weighted by molar-refractivity contribution is -0.147. The maximum atomic E-state index is 12.0. The van der Waals surface area contributed by atoms with Crippen LogP contribution in [0.25, 0.3) is 0 Å². The molecular weight excluding hydrogens is 334 g/mol. The fourth-order valence-electron chi connectivity index (χ4n) is 3.32. The molecule has 1 aromatic rings. The van der Waals surface area contributed by atoms with Crippen LogP contribution in [0.2, 0.25) is 0 Å². The van der Waals surface area contributed by atoms with Gasteiger partial charge in [0.25, 0.3) is 5.91 Å². The van der Waals surface area contributed by atoms with E-state index in [9.17, 15) is 9.59 Å². The highest BCUT2D eigenvalue weighted by atomic mass is 16.5. The minimum Gasteiger partial charge on any atom is -0.497 e. The van der Waals surface area contributed by atoms with Crippen molar-refractivity contribution in [1.82, 2.24) is 0 Å². The Balaban J connectivity index is 1.68. The zero-order chi connectivity index (χ0) is 18.8. The van der Waals surface area contributed by atoms with Crippen LogP contribution in [0.4, 0.5) is 5.69 Å². The quantitative estimate of drug-likeness (QED) is 0.673. The molecule has 0 unspecified atom stereocenters. The molecule has 1 aromatic carbocycles. The first kappa shape index (κ1) is 20.1. The molecule has 0 radical (unpaired) electrons. The number of hydrogen-bond donors (Lipinski definition) is 1. The summed E-state index contributed by atoms with van der Waals surface area (Å²) in [5, 5.41) is 2.68. The molecule has 144 valence electrons. The molecule has 0 saturated heterocycles. The van der Waals surface area contributed by atoms with E-state index in [4.69, 9.17) is 14.2 Å². The van der Waals surface area contributed by atoms with Crippen LogP contribution in [0.3, 0.4) is 0 Å². The van der Waals surface area contributed by atoms with Crippen LogP contribution in [-0.2, 0) is 14.3 Å². The number of benzene rings is 1. The fourth-order valence-corrected chi connectivity index (χ4v) is 3.32. The molecule has 1 N–H and O–H groups in total. The Labute approximate surface area is 155 Å². The summed E-state index contributed by atoms with van der Waals surface area (Å²) in [7, 11) is 3.07. The van der Waals surface area contributed by atoms with Gasteiger partial charge in [0.2, 0.25) is 0 Å². The van der Waals surface area contributed by atoms with Gasteiger partial charge in [0.1, 0.15) is 11.5 Å². The van der Waals surface area contributed by atoms with Gasteiger partial charge >= 0.3 is 5.97 Å². The summed E-state index contributed by atoms with van der Waals surface area (Å²) in [5.41, 5.74) is 0.506. The van der Waals surface area contributed by atoms with Crippen molar-refractivity contribution in [2.45, 2.75) is 51.4 Å². The van der Waals surface area contributed by atoms with E-state index in [0.29, 0.717) is 23.6 Å². The first-order valence-electron chi connectivity index (χ1n) is 9.30. The van der Waals surface area contributed by atoms with Crippen LogP contribution < -0.4 is 14.8 Å². The minimum atomic E-state index is -0.394. The third-order valence-electron chi connectivity index (χ3n) is 4.77. The first-order valence-corrected chi connectivity index (χ1v) is 9.30. The van der Waals surface area contributed by atoms with Gasteiger partial charge in [-0.05, 0) is 30.9 Å². The highest BCUT2D eigenvalue weighted by Crippen LogP contribution is 2.29. The molecule has 0 heterocycles. The van der Waals surface area contributed by atoms with Gasteiger partial charge in [0, 0.05) is 12.5 Å². The Morgan fingerprint density at radius 1 is 1.12 bits per heavy atom. The van der Waals surface area contributed by atoms with E-state index in [0.717, 1.165) is 18.8 Å². The van der Waals surface area contributed by atoms with Crippen molar-refractivity contribution in [1.29, 1.82) is 0 Å². The van der Waals surface area contributed by atoms with Gasteiger partial charge in [0.15, 0.2) is 6.61 Å². The molecule has 1 aliphatic rings. The van der Waals surface area contributed by atoms with Gasteiger partial charge in [-0.2, -0.15) is 0 Å². The second kappa shape index (κ2) is 10.7. The Morgan fingerprint density at radius 3 is 2.58 bits per heavy atom. The maximum Gasteiger partial charge on any atom is 0.306 e. The van der Waals surface area contributed by atoms with Gasteiger partial charge < -0.3 is 19.5 Å². The van der Waals surface area contributed by atoms with Crippen molar-refractivity contribution in [2.24, 2.45) is 5.92 Å². The van der Waals surface area contributed by atoms with E-state index < -0.39 is 5.91 Å². The monoisotopic (exact) mass is 363 g/mol. The van der Waals surface area contributed by atoms with Crippen LogP contribution in [0.15, 0.2) is 18.2 Å². The molecule has 0 aliphatic heterocycles. The maximum absolute atomic E-state index is 12.0. The van der Waals surface area contributed by atoms with Crippen LogP contribution in [0, 0.1) is 5.92 Å². The molecule has 1 saturated carbocycles. The number of esters is 1. The van der Waals surface area contributed by atoms with E-state index in [1.54, 1.807) is 25.3 Å². The smallest absolute Gasteiger partial charge is 0.306 e. The number of carbonyl (C=O) groups excluding carboxylic acids is 2. The predicted molar refractivity (Wildman–Crippen MR) is 99.6 cm³/mol. The van der Waals surface area contributed by atoms with Crippen LogP contribution in [0.5, 0.6) is 11.5 Å². The molecule has 6 nitrogen and oxygen atoms in total. The average molecular weight is 363 g/mol. The summed E-state index contributed by atoms with van der Waals surface area (Å²) >= 11 is 0. The molecule has 0 atom stereocenters. The molecule has 0 bridgehead atoms. The SMILES string of the molecule is COc1ccc(NC(=O)COC(=O)CCCC2CCCCC2)c(OC)c1. The van der Waals surface area contributed by atoms with E-state index in [1.807, 2.05) is 0 Å². The lowest BCUT2D eigenvalue weighted by atomic mass is 9.86. The lowest BCUT2D eigenvalue weighted by Crippen LogP contribution is -2.21. The van der Waals surface area contributed by atoms with Gasteiger partial charge in [-0.15, -0.1) is 0 Å². The fraction of sp³-hybridized carbons (Fsp3) is 0.600. The highest BCUT2D eigenvalue weighted by Gasteiger charge is 2.15. The molecule has 26 heavy (non-hydrogen) atoms. The van der Waals surface area contributed by atoms with Gasteiger partial charge in [-0.25, -0.2) is 0 Å². The van der Waals surface area contributed by atoms with Crippen molar-refractivity contribution in [3.8, 4) is 11.5 Å². The van der Waals surface area contributed by atoms with Crippen molar-refractivity contribution in [3.63, 3.8) is 0 Å². The molecule has 2 rings (SSSR count). The number of nitrogens with one attached hydrogen (secondary N) is 1. The van der Waals surface area contributed by atoms with Crippen molar-refractivity contribution >= 4 is 17.6 Å². The van der Waals surface area contributed by atoms with Crippen LogP contribution in [-0.4, -0.2) is 32.7 Å². The highest BCUT2D eigenvalue weighted by molar-refractivity contribution is 5.94.